The topological polar surface area (TPSA) is 63.6 Å². The van der Waals surface area contributed by atoms with Crippen molar-refractivity contribution in [3.05, 3.63) is 69.6 Å². The lowest BCUT2D eigenvalue weighted by molar-refractivity contribution is 0.0518. The molecular weight excluding hydrogens is 417 g/mol. The highest BCUT2D eigenvalue weighted by molar-refractivity contribution is 8.00. The Balaban J connectivity index is 1.75. The predicted octanol–water partition coefficient (Wildman–Crippen LogP) is 3.38. The number of pyridine rings is 1. The van der Waals surface area contributed by atoms with Crippen molar-refractivity contribution in [2.24, 2.45) is 0 Å². The Morgan fingerprint density at radius 3 is 2.68 bits per heavy atom. The van der Waals surface area contributed by atoms with E-state index in [9.17, 15) is 9.59 Å². The third kappa shape index (κ3) is 3.30. The van der Waals surface area contributed by atoms with Crippen LogP contribution in [0, 0.1) is 5.82 Å². The molecular formula is C23H22FN3O3S. The minimum Gasteiger partial charge on any atom is -0.462 e. The maximum Gasteiger partial charge on any atom is 0.344 e. The summed E-state index contributed by atoms with van der Waals surface area (Å²) in [5.74, 6) is -1.12. The number of rotatable bonds is 4. The SMILES string of the molecule is CCOC(=O)c1c2n(c3cc(N4CCNCC4)c(F)cc3c1=O)C(c1ccccc1)S2. The number of hydrogen-bond acceptors (Lipinski definition) is 6. The number of esters is 1. The number of fused-ring (bicyclic) bond motifs is 3. The van der Waals surface area contributed by atoms with Crippen LogP contribution in [0.3, 0.4) is 0 Å². The first-order chi connectivity index (χ1) is 15.1. The molecule has 5 rings (SSSR count). The molecule has 1 saturated heterocycles. The number of halogens is 1. The van der Waals surface area contributed by atoms with Gasteiger partial charge < -0.3 is 19.5 Å². The van der Waals surface area contributed by atoms with Gasteiger partial charge in [-0.15, -0.1) is 0 Å². The van der Waals surface area contributed by atoms with Gasteiger partial charge in [0, 0.05) is 31.6 Å². The van der Waals surface area contributed by atoms with Crippen LogP contribution < -0.4 is 15.6 Å². The molecule has 0 spiro atoms. The molecule has 1 atom stereocenters. The number of carbonyl (C=O) groups is 1. The average Bonchev–Trinajstić information content (AvgIpc) is 2.77. The summed E-state index contributed by atoms with van der Waals surface area (Å²) in [6.45, 7) is 4.80. The molecule has 0 radical (unpaired) electrons. The van der Waals surface area contributed by atoms with Crippen LogP contribution in [0.5, 0.6) is 0 Å². The van der Waals surface area contributed by atoms with Crippen molar-refractivity contribution in [3.8, 4) is 0 Å². The molecule has 0 bridgehead atoms. The van der Waals surface area contributed by atoms with Crippen LogP contribution in [-0.2, 0) is 4.74 Å². The van der Waals surface area contributed by atoms with Crippen molar-refractivity contribution in [2.75, 3.05) is 37.7 Å². The Hall–Kier alpha value is -2.84. The van der Waals surface area contributed by atoms with E-state index in [0.29, 0.717) is 29.3 Å². The number of nitrogens with one attached hydrogen (secondary N) is 1. The minimum atomic E-state index is -0.663. The standard InChI is InChI=1S/C23H22FN3O3S/c1-2-30-23(29)19-20(28)15-12-16(24)18(26-10-8-25-9-11-26)13-17(15)27-21(31-22(19)27)14-6-4-3-5-7-14/h3-7,12-13,21,25H,2,8-11H2,1H3. The first kappa shape index (κ1) is 20.1. The number of anilines is 1. The zero-order valence-electron chi connectivity index (χ0n) is 17.1. The molecule has 2 aliphatic rings. The first-order valence-electron chi connectivity index (χ1n) is 10.4. The maximum atomic E-state index is 15.1. The Bertz CT molecular complexity index is 1220. The second-order valence-corrected chi connectivity index (χ2v) is 8.61. The van der Waals surface area contributed by atoms with Gasteiger partial charge in [0.1, 0.15) is 16.8 Å². The van der Waals surface area contributed by atoms with Gasteiger partial charge in [0.05, 0.1) is 22.8 Å². The molecule has 3 aromatic rings. The van der Waals surface area contributed by atoms with Gasteiger partial charge in [-0.05, 0) is 24.6 Å². The van der Waals surface area contributed by atoms with Crippen LogP contribution >= 0.6 is 11.8 Å². The molecule has 0 aliphatic carbocycles. The summed E-state index contributed by atoms with van der Waals surface area (Å²) >= 11 is 1.45. The Kier molecular flexibility index (Phi) is 5.19. The Labute approximate surface area is 183 Å². The van der Waals surface area contributed by atoms with E-state index in [-0.39, 0.29) is 22.9 Å². The highest BCUT2D eigenvalue weighted by atomic mass is 32.2. The maximum absolute atomic E-state index is 15.1. The molecule has 3 heterocycles. The molecule has 1 fully saturated rings. The molecule has 0 amide bonds. The van der Waals surface area contributed by atoms with Crippen LogP contribution in [0.2, 0.25) is 0 Å². The summed E-state index contributed by atoms with van der Waals surface area (Å²) in [4.78, 5) is 27.8. The summed E-state index contributed by atoms with van der Waals surface area (Å²) < 4.78 is 22.2. The molecule has 31 heavy (non-hydrogen) atoms. The predicted molar refractivity (Wildman–Crippen MR) is 120 cm³/mol. The number of carbonyl (C=O) groups excluding carboxylic acids is 1. The number of nitrogens with zero attached hydrogens (tertiary/aromatic N) is 2. The lowest BCUT2D eigenvalue weighted by atomic mass is 10.1. The lowest BCUT2D eigenvalue weighted by Crippen LogP contribution is -2.44. The average molecular weight is 440 g/mol. The summed E-state index contributed by atoms with van der Waals surface area (Å²) in [6, 6.07) is 12.9. The fourth-order valence-corrected chi connectivity index (χ4v) is 5.50. The zero-order chi connectivity index (χ0) is 21.5. The Morgan fingerprint density at radius 1 is 1.23 bits per heavy atom. The largest absolute Gasteiger partial charge is 0.462 e. The normalized spacial score (nSPS) is 17.9. The first-order valence-corrected chi connectivity index (χ1v) is 11.2. The van der Waals surface area contributed by atoms with Gasteiger partial charge in [-0.1, -0.05) is 42.1 Å². The van der Waals surface area contributed by atoms with Crippen molar-refractivity contribution >= 4 is 34.3 Å². The summed E-state index contributed by atoms with van der Waals surface area (Å²) in [7, 11) is 0. The molecule has 0 saturated carbocycles. The fraction of sp³-hybridized carbons (Fsp3) is 0.304. The van der Waals surface area contributed by atoms with Gasteiger partial charge in [-0.2, -0.15) is 0 Å². The Morgan fingerprint density at radius 2 is 1.97 bits per heavy atom. The molecule has 6 nitrogen and oxygen atoms in total. The molecule has 2 aliphatic heterocycles. The van der Waals surface area contributed by atoms with Crippen molar-refractivity contribution in [2.45, 2.75) is 17.3 Å². The quantitative estimate of drug-likeness (QED) is 0.629. The zero-order valence-corrected chi connectivity index (χ0v) is 17.9. The van der Waals surface area contributed by atoms with Crippen LogP contribution in [0.4, 0.5) is 10.1 Å². The van der Waals surface area contributed by atoms with Crippen LogP contribution in [0.15, 0.2) is 52.3 Å². The van der Waals surface area contributed by atoms with Crippen LogP contribution in [-0.4, -0.2) is 43.3 Å². The fourth-order valence-electron chi connectivity index (χ4n) is 4.22. The summed E-state index contributed by atoms with van der Waals surface area (Å²) in [5, 5.41) is 3.94. The monoisotopic (exact) mass is 439 g/mol. The number of benzene rings is 2. The van der Waals surface area contributed by atoms with Crippen molar-refractivity contribution in [3.63, 3.8) is 0 Å². The number of aromatic nitrogens is 1. The molecule has 1 unspecified atom stereocenters. The van der Waals surface area contributed by atoms with Crippen molar-refractivity contribution < 1.29 is 13.9 Å². The second-order valence-electron chi connectivity index (χ2n) is 7.54. The van der Waals surface area contributed by atoms with E-state index in [2.05, 4.69) is 5.32 Å². The van der Waals surface area contributed by atoms with E-state index < -0.39 is 17.2 Å². The van der Waals surface area contributed by atoms with Gasteiger partial charge in [-0.25, -0.2) is 9.18 Å². The summed E-state index contributed by atoms with van der Waals surface area (Å²) in [5.41, 5.74) is 1.67. The van der Waals surface area contributed by atoms with Crippen LogP contribution in [0.1, 0.15) is 28.2 Å². The van der Waals surface area contributed by atoms with E-state index in [4.69, 9.17) is 4.74 Å². The van der Waals surface area contributed by atoms with Gasteiger partial charge in [0.2, 0.25) is 5.43 Å². The van der Waals surface area contributed by atoms with E-state index >= 15 is 4.39 Å². The number of hydrogen-bond donors (Lipinski definition) is 1. The van der Waals surface area contributed by atoms with E-state index in [1.807, 2.05) is 39.8 Å². The highest BCUT2D eigenvalue weighted by Gasteiger charge is 2.37. The lowest BCUT2D eigenvalue weighted by Gasteiger charge is -2.36. The van der Waals surface area contributed by atoms with Gasteiger partial charge in [0.15, 0.2) is 0 Å². The highest BCUT2D eigenvalue weighted by Crippen LogP contribution is 2.50. The molecule has 2 aromatic carbocycles. The summed E-state index contributed by atoms with van der Waals surface area (Å²) in [6.07, 6.45) is 0. The smallest absolute Gasteiger partial charge is 0.344 e. The van der Waals surface area contributed by atoms with E-state index in [0.717, 1.165) is 18.7 Å². The third-order valence-corrected chi connectivity index (χ3v) is 7.04. The number of piperazine rings is 1. The van der Waals surface area contributed by atoms with Gasteiger partial charge in [0.25, 0.3) is 0 Å². The number of ether oxygens (including phenoxy) is 1. The van der Waals surface area contributed by atoms with Crippen LogP contribution in [0.25, 0.3) is 10.9 Å². The molecule has 160 valence electrons. The molecule has 1 aromatic heterocycles. The van der Waals surface area contributed by atoms with Gasteiger partial charge >= 0.3 is 5.97 Å². The van der Waals surface area contributed by atoms with E-state index in [1.165, 1.54) is 17.8 Å². The van der Waals surface area contributed by atoms with E-state index in [1.54, 1.807) is 13.0 Å². The molecule has 8 heteroatoms. The third-order valence-electron chi connectivity index (χ3n) is 5.71. The second kappa shape index (κ2) is 8.01. The minimum absolute atomic E-state index is 0.0131. The van der Waals surface area contributed by atoms with Crippen molar-refractivity contribution in [1.29, 1.82) is 0 Å². The molecule has 1 N–H and O–H groups in total. The van der Waals surface area contributed by atoms with Gasteiger partial charge in [-0.3, -0.25) is 4.79 Å². The van der Waals surface area contributed by atoms with Crippen molar-refractivity contribution in [1.82, 2.24) is 9.88 Å². The number of thioether (sulfide) groups is 1.